The molecule has 0 radical (unpaired) electrons. The van der Waals surface area contributed by atoms with E-state index in [1.165, 1.54) is 0 Å². The fourth-order valence-corrected chi connectivity index (χ4v) is 4.18. The number of aryl methyl sites for hydroxylation is 1. The van der Waals surface area contributed by atoms with Gasteiger partial charge in [-0.3, -0.25) is 4.18 Å². The average Bonchev–Trinajstić information content (AvgIpc) is 2.84. The molecule has 0 aromatic heterocycles. The maximum atomic E-state index is 12.5. The molecule has 0 amide bonds. The second kappa shape index (κ2) is 12.5. The number of ether oxygens (including phenoxy) is 2. The molecule has 5 nitrogen and oxygen atoms in total. The third-order valence-corrected chi connectivity index (χ3v) is 6.47. The van der Waals surface area contributed by atoms with Crippen molar-refractivity contribution in [3.8, 4) is 0 Å². The van der Waals surface area contributed by atoms with E-state index in [-0.39, 0.29) is 11.5 Å². The third-order valence-electron chi connectivity index (χ3n) is 5.14. The topological polar surface area (TPSA) is 61.8 Å². The monoisotopic (exact) mass is 466 g/mol. The number of hydrogen-bond acceptors (Lipinski definition) is 5. The number of hydrogen-bond donors (Lipinski definition) is 0. The Balaban J connectivity index is 1.64. The van der Waals surface area contributed by atoms with E-state index in [1.807, 2.05) is 67.6 Å². The zero-order valence-electron chi connectivity index (χ0n) is 18.8. The molecular formula is C27H30O5S. The molecule has 2 atom stereocenters. The van der Waals surface area contributed by atoms with Crippen LogP contribution in [0.5, 0.6) is 0 Å². The van der Waals surface area contributed by atoms with E-state index < -0.39 is 22.3 Å². The molecule has 0 aliphatic heterocycles. The van der Waals surface area contributed by atoms with Gasteiger partial charge < -0.3 is 9.47 Å². The molecule has 3 aromatic rings. The Labute approximate surface area is 196 Å². The number of benzene rings is 3. The molecule has 0 unspecified atom stereocenters. The molecule has 6 heteroatoms. The highest BCUT2D eigenvalue weighted by Gasteiger charge is 2.23. The third kappa shape index (κ3) is 7.94. The molecule has 0 heterocycles. The van der Waals surface area contributed by atoms with Crippen LogP contribution in [0.4, 0.5) is 0 Å². The van der Waals surface area contributed by atoms with E-state index in [9.17, 15) is 8.42 Å². The Morgan fingerprint density at radius 1 is 0.818 bits per heavy atom. The normalized spacial score (nSPS) is 13.4. The highest BCUT2D eigenvalue weighted by Crippen LogP contribution is 2.18. The van der Waals surface area contributed by atoms with Crippen molar-refractivity contribution in [3.05, 3.63) is 114 Å². The Kier molecular flexibility index (Phi) is 9.39. The van der Waals surface area contributed by atoms with Gasteiger partial charge >= 0.3 is 0 Å². The molecule has 3 rings (SSSR count). The summed E-state index contributed by atoms with van der Waals surface area (Å²) in [4.78, 5) is 0.135. The van der Waals surface area contributed by atoms with Gasteiger partial charge in [0.25, 0.3) is 10.1 Å². The summed E-state index contributed by atoms with van der Waals surface area (Å²) >= 11 is 0. The lowest BCUT2D eigenvalue weighted by Crippen LogP contribution is -2.31. The van der Waals surface area contributed by atoms with Crippen molar-refractivity contribution in [2.45, 2.75) is 43.7 Å². The highest BCUT2D eigenvalue weighted by atomic mass is 32.2. The summed E-state index contributed by atoms with van der Waals surface area (Å²) in [6, 6.07) is 26.2. The predicted octanol–water partition coefficient (Wildman–Crippen LogP) is 5.45. The first-order chi connectivity index (χ1) is 16.0. The van der Waals surface area contributed by atoms with Gasteiger partial charge in [0, 0.05) is 6.42 Å². The summed E-state index contributed by atoms with van der Waals surface area (Å²) in [5, 5.41) is 0. The Morgan fingerprint density at radius 3 is 1.91 bits per heavy atom. The van der Waals surface area contributed by atoms with Gasteiger partial charge in [0.05, 0.1) is 30.8 Å². The molecule has 0 fully saturated rings. The molecule has 3 aromatic carbocycles. The molecule has 0 bridgehead atoms. The predicted molar refractivity (Wildman–Crippen MR) is 129 cm³/mol. The van der Waals surface area contributed by atoms with Gasteiger partial charge in [-0.2, -0.15) is 8.42 Å². The van der Waals surface area contributed by atoms with Crippen LogP contribution >= 0.6 is 0 Å². The van der Waals surface area contributed by atoms with Crippen LogP contribution in [0.2, 0.25) is 0 Å². The zero-order valence-corrected chi connectivity index (χ0v) is 19.6. The first kappa shape index (κ1) is 24.9. The molecule has 0 aliphatic rings. The van der Waals surface area contributed by atoms with Gasteiger partial charge in [0.2, 0.25) is 0 Å². The number of rotatable bonds is 13. The molecule has 0 saturated heterocycles. The molecule has 0 N–H and O–H groups in total. The van der Waals surface area contributed by atoms with Crippen LogP contribution in [0.1, 0.15) is 23.1 Å². The van der Waals surface area contributed by atoms with E-state index in [0.29, 0.717) is 19.6 Å². The summed E-state index contributed by atoms with van der Waals surface area (Å²) in [5.41, 5.74) is 3.03. The van der Waals surface area contributed by atoms with E-state index >= 15 is 0 Å². The van der Waals surface area contributed by atoms with Crippen molar-refractivity contribution in [2.75, 3.05) is 6.61 Å². The van der Waals surface area contributed by atoms with Gasteiger partial charge in [0.1, 0.15) is 6.10 Å². The van der Waals surface area contributed by atoms with Crippen molar-refractivity contribution >= 4 is 10.1 Å². The van der Waals surface area contributed by atoms with Crippen LogP contribution in [-0.4, -0.2) is 27.2 Å². The molecule has 174 valence electrons. The minimum atomic E-state index is -3.85. The Hall–Kier alpha value is -2.77. The van der Waals surface area contributed by atoms with Gasteiger partial charge in [-0.1, -0.05) is 84.4 Å². The van der Waals surface area contributed by atoms with Crippen molar-refractivity contribution in [3.63, 3.8) is 0 Å². The van der Waals surface area contributed by atoms with Gasteiger partial charge in [-0.05, 0) is 30.2 Å². The van der Waals surface area contributed by atoms with Crippen LogP contribution in [0.15, 0.2) is 102 Å². The smallest absolute Gasteiger partial charge is 0.296 e. The van der Waals surface area contributed by atoms with E-state index in [0.717, 1.165) is 16.7 Å². The Bertz CT molecular complexity index is 1080. The summed E-state index contributed by atoms with van der Waals surface area (Å²) in [6.07, 6.45) is 1.15. The molecule has 0 saturated carbocycles. The van der Waals surface area contributed by atoms with Gasteiger partial charge in [0.15, 0.2) is 0 Å². The second-order valence-corrected chi connectivity index (χ2v) is 9.33. The van der Waals surface area contributed by atoms with Crippen LogP contribution in [0.25, 0.3) is 0 Å². The maximum absolute atomic E-state index is 12.5. The lowest BCUT2D eigenvalue weighted by atomic mass is 10.1. The zero-order chi connectivity index (χ0) is 23.5. The van der Waals surface area contributed by atoms with Crippen LogP contribution < -0.4 is 0 Å². The first-order valence-corrected chi connectivity index (χ1v) is 12.3. The second-order valence-electron chi connectivity index (χ2n) is 7.71. The average molecular weight is 467 g/mol. The standard InChI is InChI=1S/C27H30O5S/c1-3-26(30-20-23-10-6-4-7-11-23)27(31-21-24-12-8-5-9-13-24)18-19-32-33(28,29)25-16-14-22(2)15-17-25/h3-17,26-27H,1,18-21H2,2H3/t26-,27-/m1/s1. The van der Waals surface area contributed by atoms with Gasteiger partial charge in [-0.25, -0.2) is 0 Å². The summed E-state index contributed by atoms with van der Waals surface area (Å²) < 4.78 is 42.6. The fraction of sp³-hybridized carbons (Fsp3) is 0.259. The molecular weight excluding hydrogens is 436 g/mol. The quantitative estimate of drug-likeness (QED) is 0.248. The van der Waals surface area contributed by atoms with Crippen molar-refractivity contribution in [1.29, 1.82) is 0 Å². The van der Waals surface area contributed by atoms with Crippen LogP contribution in [0.3, 0.4) is 0 Å². The van der Waals surface area contributed by atoms with E-state index in [4.69, 9.17) is 13.7 Å². The summed E-state index contributed by atoms with van der Waals surface area (Å²) in [6.45, 7) is 6.53. The van der Waals surface area contributed by atoms with Crippen molar-refractivity contribution in [1.82, 2.24) is 0 Å². The molecule has 0 aliphatic carbocycles. The SMILES string of the molecule is C=C[C@@H](OCc1ccccc1)[C@@H](CCOS(=O)(=O)c1ccc(C)cc1)OCc1ccccc1. The van der Waals surface area contributed by atoms with Crippen LogP contribution in [0, 0.1) is 6.92 Å². The lowest BCUT2D eigenvalue weighted by Gasteiger charge is -2.25. The largest absolute Gasteiger partial charge is 0.370 e. The minimum Gasteiger partial charge on any atom is -0.370 e. The van der Waals surface area contributed by atoms with Gasteiger partial charge in [-0.15, -0.1) is 6.58 Å². The summed E-state index contributed by atoms with van der Waals surface area (Å²) in [7, 11) is -3.85. The van der Waals surface area contributed by atoms with E-state index in [1.54, 1.807) is 30.3 Å². The fourth-order valence-electron chi connectivity index (χ4n) is 3.26. The molecule has 33 heavy (non-hydrogen) atoms. The molecule has 0 spiro atoms. The Morgan fingerprint density at radius 2 is 1.36 bits per heavy atom. The lowest BCUT2D eigenvalue weighted by molar-refractivity contribution is -0.0712. The maximum Gasteiger partial charge on any atom is 0.296 e. The van der Waals surface area contributed by atoms with Crippen LogP contribution in [-0.2, 0) is 37.0 Å². The van der Waals surface area contributed by atoms with E-state index in [2.05, 4.69) is 6.58 Å². The van der Waals surface area contributed by atoms with Crippen molar-refractivity contribution in [2.24, 2.45) is 0 Å². The summed E-state index contributed by atoms with van der Waals surface area (Å²) in [5.74, 6) is 0. The highest BCUT2D eigenvalue weighted by molar-refractivity contribution is 7.86. The van der Waals surface area contributed by atoms with Crippen molar-refractivity contribution < 1.29 is 22.1 Å². The minimum absolute atomic E-state index is 0.0330. The first-order valence-electron chi connectivity index (χ1n) is 10.9.